The molecule has 14 heavy (non-hydrogen) atoms. The molecule has 0 aromatic heterocycles. The molecule has 0 spiro atoms. The lowest BCUT2D eigenvalue weighted by Crippen LogP contribution is -2.08. The van der Waals surface area contributed by atoms with E-state index in [1.54, 1.807) is 19.2 Å². The predicted octanol–water partition coefficient (Wildman–Crippen LogP) is 1.03. The van der Waals surface area contributed by atoms with Gasteiger partial charge in [0.2, 0.25) is 9.84 Å². The van der Waals surface area contributed by atoms with Crippen LogP contribution in [0.4, 0.5) is 0 Å². The lowest BCUT2D eigenvalue weighted by atomic mass is 10.1. The number of fused-ring (bicyclic) bond motifs is 1. The summed E-state index contributed by atoms with van der Waals surface area (Å²) in [5.41, 5.74) is 1.66. The van der Waals surface area contributed by atoms with E-state index in [4.69, 9.17) is 0 Å². The lowest BCUT2D eigenvalue weighted by Gasteiger charge is -2.01. The Labute approximate surface area is 83.4 Å². The molecule has 0 saturated carbocycles. The highest BCUT2D eigenvalue weighted by Crippen LogP contribution is 2.32. The Morgan fingerprint density at radius 3 is 2.71 bits per heavy atom. The molecule has 0 aliphatic carbocycles. The van der Waals surface area contributed by atoms with Gasteiger partial charge in [-0.15, -0.1) is 0 Å². The number of sulfone groups is 1. The van der Waals surface area contributed by atoms with E-state index in [1.165, 1.54) is 5.41 Å². The van der Waals surface area contributed by atoms with Crippen LogP contribution >= 0.6 is 0 Å². The molecule has 0 bridgehead atoms. The minimum Gasteiger partial charge on any atom is -0.316 e. The van der Waals surface area contributed by atoms with E-state index in [9.17, 15) is 8.42 Å². The van der Waals surface area contributed by atoms with Gasteiger partial charge in [0, 0.05) is 12.0 Å². The Balaban J connectivity index is 2.61. The minimum atomic E-state index is -3.18. The van der Waals surface area contributed by atoms with Crippen LogP contribution in [0.3, 0.4) is 0 Å². The highest BCUT2D eigenvalue weighted by atomic mass is 32.2. The van der Waals surface area contributed by atoms with E-state index >= 15 is 0 Å². The topological polar surface area (TPSA) is 46.2 Å². The number of benzene rings is 1. The highest BCUT2D eigenvalue weighted by molar-refractivity contribution is 7.95. The van der Waals surface area contributed by atoms with Crippen molar-refractivity contribution in [2.24, 2.45) is 0 Å². The zero-order valence-corrected chi connectivity index (χ0v) is 8.64. The fourth-order valence-electron chi connectivity index (χ4n) is 1.62. The van der Waals surface area contributed by atoms with Crippen molar-refractivity contribution in [2.75, 3.05) is 13.6 Å². The summed E-state index contributed by atoms with van der Waals surface area (Å²) in [5, 5.41) is 4.30. The van der Waals surface area contributed by atoms with Gasteiger partial charge >= 0.3 is 0 Å². The Kier molecular flexibility index (Phi) is 2.17. The van der Waals surface area contributed by atoms with E-state index in [2.05, 4.69) is 5.32 Å². The summed E-state index contributed by atoms with van der Waals surface area (Å²) < 4.78 is 23.3. The van der Waals surface area contributed by atoms with Gasteiger partial charge in [-0.25, -0.2) is 8.42 Å². The molecule has 2 rings (SSSR count). The van der Waals surface area contributed by atoms with Gasteiger partial charge in [0.25, 0.3) is 0 Å². The molecule has 0 unspecified atom stereocenters. The summed E-state index contributed by atoms with van der Waals surface area (Å²) in [5.74, 6) is 0. The fraction of sp³-hybridized carbons (Fsp3) is 0.200. The van der Waals surface area contributed by atoms with Crippen LogP contribution in [-0.4, -0.2) is 22.0 Å². The van der Waals surface area contributed by atoms with E-state index in [1.807, 2.05) is 12.1 Å². The quantitative estimate of drug-likeness (QED) is 0.791. The van der Waals surface area contributed by atoms with Crippen LogP contribution in [-0.2, 0) is 9.84 Å². The van der Waals surface area contributed by atoms with Gasteiger partial charge in [-0.3, -0.25) is 0 Å². The van der Waals surface area contributed by atoms with Crippen LogP contribution in [0.25, 0.3) is 5.57 Å². The van der Waals surface area contributed by atoms with Crippen LogP contribution in [0.15, 0.2) is 34.6 Å². The van der Waals surface area contributed by atoms with Crippen LogP contribution in [0.2, 0.25) is 0 Å². The first-order valence-electron chi connectivity index (χ1n) is 4.35. The molecule has 0 atom stereocenters. The molecule has 0 saturated heterocycles. The standard InChI is InChI=1S/C10H11NO2S/c1-11-6-8-7-14(12,13)10-5-3-2-4-9(8)10/h2-5,7,11H,6H2,1H3. The predicted molar refractivity (Wildman–Crippen MR) is 55.5 cm³/mol. The lowest BCUT2D eigenvalue weighted by molar-refractivity contribution is 0.605. The average molecular weight is 209 g/mol. The first-order valence-corrected chi connectivity index (χ1v) is 5.89. The van der Waals surface area contributed by atoms with Crippen molar-refractivity contribution in [3.63, 3.8) is 0 Å². The van der Waals surface area contributed by atoms with Gasteiger partial charge in [-0.2, -0.15) is 0 Å². The van der Waals surface area contributed by atoms with Crippen molar-refractivity contribution >= 4 is 15.4 Å². The van der Waals surface area contributed by atoms with Crippen molar-refractivity contribution in [2.45, 2.75) is 4.90 Å². The molecular formula is C10H11NO2S. The maximum atomic E-state index is 11.6. The number of rotatable bonds is 2. The van der Waals surface area contributed by atoms with Crippen LogP contribution in [0.1, 0.15) is 5.56 Å². The molecule has 1 N–H and O–H groups in total. The van der Waals surface area contributed by atoms with Crippen molar-refractivity contribution in [1.29, 1.82) is 0 Å². The third kappa shape index (κ3) is 1.36. The molecule has 74 valence electrons. The summed E-state index contributed by atoms with van der Waals surface area (Å²) in [6.45, 7) is 0.580. The molecule has 1 heterocycles. The molecule has 0 amide bonds. The molecular weight excluding hydrogens is 198 g/mol. The van der Waals surface area contributed by atoms with E-state index in [0.29, 0.717) is 11.4 Å². The van der Waals surface area contributed by atoms with Gasteiger partial charge in [-0.1, -0.05) is 18.2 Å². The summed E-state index contributed by atoms with van der Waals surface area (Å²) >= 11 is 0. The van der Waals surface area contributed by atoms with Gasteiger partial charge in [0.15, 0.2) is 0 Å². The second-order valence-corrected chi connectivity index (χ2v) is 4.98. The zero-order chi connectivity index (χ0) is 10.2. The summed E-state index contributed by atoms with van der Waals surface area (Å²) in [6.07, 6.45) is 0. The third-order valence-electron chi connectivity index (χ3n) is 2.20. The summed E-state index contributed by atoms with van der Waals surface area (Å²) in [7, 11) is -1.38. The number of hydrogen-bond acceptors (Lipinski definition) is 3. The molecule has 1 aliphatic rings. The molecule has 0 fully saturated rings. The molecule has 1 aromatic carbocycles. The maximum Gasteiger partial charge on any atom is 0.200 e. The first-order chi connectivity index (χ1) is 6.65. The zero-order valence-electron chi connectivity index (χ0n) is 7.82. The third-order valence-corrected chi connectivity index (χ3v) is 3.77. The van der Waals surface area contributed by atoms with Gasteiger partial charge in [0.05, 0.1) is 4.90 Å². The second kappa shape index (κ2) is 3.22. The second-order valence-electron chi connectivity index (χ2n) is 3.21. The number of nitrogens with one attached hydrogen (secondary N) is 1. The average Bonchev–Trinajstić information content (AvgIpc) is 2.41. The molecule has 4 heteroatoms. The van der Waals surface area contributed by atoms with E-state index in [-0.39, 0.29) is 0 Å². The maximum absolute atomic E-state index is 11.6. The summed E-state index contributed by atoms with van der Waals surface area (Å²) in [6, 6.07) is 7.07. The van der Waals surface area contributed by atoms with Crippen LogP contribution in [0, 0.1) is 0 Å². The summed E-state index contributed by atoms with van der Waals surface area (Å²) in [4.78, 5) is 0.422. The Morgan fingerprint density at radius 1 is 1.29 bits per heavy atom. The highest BCUT2D eigenvalue weighted by Gasteiger charge is 2.25. The van der Waals surface area contributed by atoms with Gasteiger partial charge in [0.1, 0.15) is 0 Å². The minimum absolute atomic E-state index is 0.422. The first kappa shape index (κ1) is 9.43. The molecule has 3 nitrogen and oxygen atoms in total. The Hall–Kier alpha value is -1.13. The molecule has 0 radical (unpaired) electrons. The van der Waals surface area contributed by atoms with Gasteiger partial charge in [-0.05, 0) is 24.3 Å². The van der Waals surface area contributed by atoms with Crippen LogP contribution < -0.4 is 5.32 Å². The van der Waals surface area contributed by atoms with Crippen molar-refractivity contribution in [3.05, 3.63) is 35.2 Å². The van der Waals surface area contributed by atoms with Crippen molar-refractivity contribution < 1.29 is 8.42 Å². The molecule has 1 aliphatic heterocycles. The Bertz CT molecular complexity index is 489. The van der Waals surface area contributed by atoms with Crippen molar-refractivity contribution in [1.82, 2.24) is 5.32 Å². The number of likely N-dealkylation sites (N-methyl/N-ethyl adjacent to an activating group) is 1. The largest absolute Gasteiger partial charge is 0.316 e. The monoisotopic (exact) mass is 209 g/mol. The van der Waals surface area contributed by atoms with E-state index < -0.39 is 9.84 Å². The normalized spacial score (nSPS) is 17.6. The Morgan fingerprint density at radius 2 is 2.00 bits per heavy atom. The van der Waals surface area contributed by atoms with Crippen LogP contribution in [0.5, 0.6) is 0 Å². The molecule has 1 aromatic rings. The smallest absolute Gasteiger partial charge is 0.200 e. The van der Waals surface area contributed by atoms with E-state index in [0.717, 1.165) is 11.1 Å². The SMILES string of the molecule is CNCC1=CS(=O)(=O)c2ccccc21. The fourth-order valence-corrected chi connectivity index (χ4v) is 3.11. The number of hydrogen-bond donors (Lipinski definition) is 1. The van der Waals surface area contributed by atoms with Gasteiger partial charge < -0.3 is 5.32 Å². The van der Waals surface area contributed by atoms with Crippen molar-refractivity contribution in [3.8, 4) is 0 Å².